The fraction of sp³-hybridized carbons (Fsp3) is 0.483. The average Bonchev–Trinajstić information content (AvgIpc) is 3.29. The van der Waals surface area contributed by atoms with Crippen LogP contribution < -0.4 is 5.32 Å². The lowest BCUT2D eigenvalue weighted by atomic mass is 9.78. The second-order valence-electron chi connectivity index (χ2n) is 11.3. The van der Waals surface area contributed by atoms with Gasteiger partial charge in [-0.25, -0.2) is 8.42 Å². The molecule has 5 rings (SSSR count). The number of fused-ring (bicyclic) bond motifs is 1. The van der Waals surface area contributed by atoms with Crippen LogP contribution >= 0.6 is 11.6 Å². The maximum atomic E-state index is 14.0. The first-order valence-corrected chi connectivity index (χ1v) is 15.8. The van der Waals surface area contributed by atoms with Crippen molar-refractivity contribution in [1.29, 1.82) is 0 Å². The van der Waals surface area contributed by atoms with Gasteiger partial charge in [-0.15, -0.1) is 0 Å². The predicted molar refractivity (Wildman–Crippen MR) is 156 cm³/mol. The minimum Gasteiger partial charge on any atom is -0.479 e. The molecule has 3 aromatic rings. The third kappa shape index (κ3) is 5.62. The lowest BCUT2D eigenvalue weighted by molar-refractivity contribution is -0.134. The molecule has 0 bridgehead atoms. The van der Waals surface area contributed by atoms with Crippen LogP contribution in [0.2, 0.25) is 5.02 Å². The summed E-state index contributed by atoms with van der Waals surface area (Å²) in [5.74, 6) is 0.0404. The zero-order chi connectivity index (χ0) is 28.7. The van der Waals surface area contributed by atoms with Crippen LogP contribution in [-0.4, -0.2) is 82.2 Å². The molecule has 2 aliphatic rings. The van der Waals surface area contributed by atoms with Gasteiger partial charge in [0.05, 0.1) is 21.7 Å². The van der Waals surface area contributed by atoms with E-state index in [1.54, 1.807) is 53.4 Å². The van der Waals surface area contributed by atoms with Crippen LogP contribution in [0.5, 0.6) is 6.01 Å². The predicted octanol–water partition coefficient (Wildman–Crippen LogP) is 4.50. The van der Waals surface area contributed by atoms with Crippen LogP contribution in [0, 0.1) is 0 Å². The Labute approximate surface area is 240 Å². The van der Waals surface area contributed by atoms with E-state index in [0.717, 1.165) is 12.8 Å². The van der Waals surface area contributed by atoms with Gasteiger partial charge in [0.1, 0.15) is 11.9 Å². The third-order valence-electron chi connectivity index (χ3n) is 8.57. The quantitative estimate of drug-likeness (QED) is 0.397. The molecule has 9 nitrogen and oxygen atoms in total. The number of aromatic nitrogens is 2. The van der Waals surface area contributed by atoms with Gasteiger partial charge in [-0.2, -0.15) is 9.97 Å². The Morgan fingerprint density at radius 3 is 2.50 bits per heavy atom. The second kappa shape index (κ2) is 11.1. The molecule has 1 aliphatic heterocycles. The Morgan fingerprint density at radius 2 is 1.82 bits per heavy atom. The highest BCUT2D eigenvalue weighted by Crippen LogP contribution is 2.41. The highest BCUT2D eigenvalue weighted by Gasteiger charge is 2.50. The van der Waals surface area contributed by atoms with Gasteiger partial charge in [-0.05, 0) is 83.3 Å². The fourth-order valence-corrected chi connectivity index (χ4v) is 8.24. The SMILES string of the molecule is CC(C)N(C)C1CCC(CS(=O)(=O)c2ccccc2)(N2CC[C@H](Nc3nc(O)nc4ccc(Cl)cc34)C2=O)CC1. The number of carbonyl (C=O) groups is 1. The number of hydrogen-bond donors (Lipinski definition) is 2. The molecule has 214 valence electrons. The van der Waals surface area contributed by atoms with Gasteiger partial charge < -0.3 is 20.2 Å². The first kappa shape index (κ1) is 28.6. The van der Waals surface area contributed by atoms with Gasteiger partial charge in [-0.1, -0.05) is 29.8 Å². The molecule has 1 aliphatic carbocycles. The smallest absolute Gasteiger partial charge is 0.316 e. The first-order valence-electron chi connectivity index (χ1n) is 13.7. The van der Waals surface area contributed by atoms with Gasteiger partial charge >= 0.3 is 6.01 Å². The molecule has 11 heteroatoms. The molecule has 1 saturated carbocycles. The summed E-state index contributed by atoms with van der Waals surface area (Å²) in [5, 5.41) is 14.4. The Morgan fingerprint density at radius 1 is 1.12 bits per heavy atom. The van der Waals surface area contributed by atoms with E-state index >= 15 is 0 Å². The molecule has 2 N–H and O–H groups in total. The summed E-state index contributed by atoms with van der Waals surface area (Å²) in [6, 6.07) is 13.2. The molecule has 1 amide bonds. The van der Waals surface area contributed by atoms with Crippen molar-refractivity contribution in [2.24, 2.45) is 0 Å². The zero-order valence-electron chi connectivity index (χ0n) is 23.0. The minimum absolute atomic E-state index is 0.118. The maximum Gasteiger partial charge on any atom is 0.316 e. The van der Waals surface area contributed by atoms with Crippen molar-refractivity contribution in [2.45, 2.75) is 74.5 Å². The Balaban J connectivity index is 1.44. The van der Waals surface area contributed by atoms with Crippen molar-refractivity contribution >= 4 is 44.1 Å². The third-order valence-corrected chi connectivity index (χ3v) is 10.7. The van der Waals surface area contributed by atoms with Gasteiger partial charge in [0, 0.05) is 29.0 Å². The molecule has 1 atom stereocenters. The average molecular weight is 586 g/mol. The van der Waals surface area contributed by atoms with E-state index in [2.05, 4.69) is 41.1 Å². The van der Waals surface area contributed by atoms with Crippen molar-refractivity contribution in [3.63, 3.8) is 0 Å². The molecule has 2 heterocycles. The molecular weight excluding hydrogens is 550 g/mol. The zero-order valence-corrected chi connectivity index (χ0v) is 24.6. The Hall–Kier alpha value is -2.95. The molecule has 1 saturated heterocycles. The minimum atomic E-state index is -3.65. The summed E-state index contributed by atoms with van der Waals surface area (Å²) < 4.78 is 27.3. The van der Waals surface area contributed by atoms with E-state index in [1.807, 2.05) is 0 Å². The molecule has 1 aromatic heterocycles. The molecular formula is C29H36ClN5O4S. The van der Waals surface area contributed by atoms with E-state index in [-0.39, 0.29) is 16.6 Å². The number of anilines is 1. The maximum absolute atomic E-state index is 14.0. The number of amides is 1. The molecule has 0 unspecified atom stereocenters. The van der Waals surface area contributed by atoms with Gasteiger partial charge in [0.2, 0.25) is 5.91 Å². The van der Waals surface area contributed by atoms with E-state index in [1.165, 1.54) is 0 Å². The number of nitrogens with zero attached hydrogens (tertiary/aromatic N) is 4. The summed E-state index contributed by atoms with van der Waals surface area (Å²) >= 11 is 6.20. The van der Waals surface area contributed by atoms with E-state index in [0.29, 0.717) is 59.6 Å². The van der Waals surface area contributed by atoms with Crippen molar-refractivity contribution in [2.75, 3.05) is 24.7 Å². The number of likely N-dealkylation sites (tertiary alicyclic amines) is 1. The number of benzene rings is 2. The Bertz CT molecular complexity index is 1490. The summed E-state index contributed by atoms with van der Waals surface area (Å²) in [6.07, 6.45) is 3.31. The van der Waals surface area contributed by atoms with Crippen LogP contribution in [0.3, 0.4) is 0 Å². The largest absolute Gasteiger partial charge is 0.479 e. The number of carbonyl (C=O) groups excluding carboxylic acids is 1. The topological polar surface area (TPSA) is 116 Å². The standard InChI is InChI=1S/C29H36ClN5O4S/c1-19(2)34(3)21-11-14-29(15-12-21,18-40(38,39)22-7-5-4-6-8-22)35-16-13-25(27(35)36)31-26-23-17-20(30)9-10-24(23)32-28(37)33-26/h4-10,17,19,21,25H,11-16,18H2,1-3H3,(H2,31,32,33,37)/t21?,25-,29?/m0/s1. The van der Waals surface area contributed by atoms with Crippen LogP contribution in [0.1, 0.15) is 46.0 Å². The van der Waals surface area contributed by atoms with Gasteiger partial charge in [0.15, 0.2) is 9.84 Å². The van der Waals surface area contributed by atoms with Crippen molar-refractivity contribution in [3.05, 3.63) is 53.6 Å². The van der Waals surface area contributed by atoms with Gasteiger partial charge in [-0.3, -0.25) is 4.79 Å². The van der Waals surface area contributed by atoms with Crippen molar-refractivity contribution in [3.8, 4) is 6.01 Å². The summed E-state index contributed by atoms with van der Waals surface area (Å²) in [4.78, 5) is 26.6. The highest BCUT2D eigenvalue weighted by molar-refractivity contribution is 7.91. The van der Waals surface area contributed by atoms with E-state index in [9.17, 15) is 18.3 Å². The van der Waals surface area contributed by atoms with Crippen LogP contribution in [0.25, 0.3) is 10.9 Å². The Kier molecular flexibility index (Phi) is 7.96. The summed E-state index contributed by atoms with van der Waals surface area (Å²) in [7, 11) is -1.54. The number of aromatic hydroxyl groups is 1. The number of halogens is 1. The number of hydrogen-bond acceptors (Lipinski definition) is 8. The molecule has 0 radical (unpaired) electrons. The van der Waals surface area contributed by atoms with Gasteiger partial charge in [0.25, 0.3) is 0 Å². The monoisotopic (exact) mass is 585 g/mol. The summed E-state index contributed by atoms with van der Waals surface area (Å²) in [5.41, 5.74) is -0.310. The summed E-state index contributed by atoms with van der Waals surface area (Å²) in [6.45, 7) is 4.74. The molecule has 40 heavy (non-hydrogen) atoms. The number of sulfone groups is 1. The fourth-order valence-electron chi connectivity index (χ4n) is 6.17. The normalized spacial score (nSPS) is 23.9. The lowest BCUT2D eigenvalue weighted by Gasteiger charge is -2.48. The van der Waals surface area contributed by atoms with E-state index in [4.69, 9.17) is 11.6 Å². The lowest BCUT2D eigenvalue weighted by Crippen LogP contribution is -2.58. The van der Waals surface area contributed by atoms with Crippen LogP contribution in [-0.2, 0) is 14.6 Å². The number of nitrogens with one attached hydrogen (secondary N) is 1. The van der Waals surface area contributed by atoms with Crippen LogP contribution in [0.15, 0.2) is 53.4 Å². The molecule has 2 fully saturated rings. The second-order valence-corrected chi connectivity index (χ2v) is 13.7. The molecule has 2 aromatic carbocycles. The van der Waals surface area contributed by atoms with Crippen molar-refractivity contribution < 1.29 is 18.3 Å². The van der Waals surface area contributed by atoms with Crippen molar-refractivity contribution in [1.82, 2.24) is 19.8 Å². The first-order chi connectivity index (χ1) is 19.0. The number of rotatable bonds is 8. The highest BCUT2D eigenvalue weighted by atomic mass is 35.5. The van der Waals surface area contributed by atoms with E-state index < -0.39 is 27.4 Å². The molecule has 0 spiro atoms. The van der Waals surface area contributed by atoms with Crippen LogP contribution in [0.4, 0.5) is 5.82 Å².